The molecule has 1 unspecified atom stereocenters. The molecule has 0 aliphatic carbocycles. The Bertz CT molecular complexity index is 1380. The van der Waals surface area contributed by atoms with Gasteiger partial charge in [0.25, 0.3) is 11.5 Å². The Morgan fingerprint density at radius 2 is 1.64 bits per heavy atom. The lowest BCUT2D eigenvalue weighted by Crippen LogP contribution is -2.38. The largest absolute Gasteiger partial charge is 0.492 e. The Kier molecular flexibility index (Phi) is 8.16. The van der Waals surface area contributed by atoms with Gasteiger partial charge in [-0.25, -0.2) is 4.98 Å². The number of nitrogens with zero attached hydrogens (tertiary/aromatic N) is 3. The predicted octanol–water partition coefficient (Wildman–Crippen LogP) is 6.18. The Hall–Kier alpha value is -3.93. The lowest BCUT2D eigenvalue weighted by atomic mass is 10.1. The molecule has 6 nitrogen and oxygen atoms in total. The highest BCUT2D eigenvalue weighted by atomic mass is 16.5. The van der Waals surface area contributed by atoms with Crippen molar-refractivity contribution < 1.29 is 9.53 Å². The van der Waals surface area contributed by atoms with Crippen molar-refractivity contribution in [3.8, 4) is 11.4 Å². The van der Waals surface area contributed by atoms with Crippen LogP contribution in [-0.4, -0.2) is 33.5 Å². The second-order valence-corrected chi connectivity index (χ2v) is 8.78. The minimum Gasteiger partial charge on any atom is -0.492 e. The highest BCUT2D eigenvalue weighted by Crippen LogP contribution is 2.29. The number of unbranched alkanes of at least 4 members (excludes halogenated alkanes) is 2. The summed E-state index contributed by atoms with van der Waals surface area (Å²) in [4.78, 5) is 34.4. The van der Waals surface area contributed by atoms with E-state index in [1.54, 1.807) is 10.6 Å². The number of rotatable bonds is 10. The number of hydrogen-bond acceptors (Lipinski definition) is 4. The molecule has 6 heteroatoms. The smallest absolute Gasteiger partial charge is 0.266 e. The van der Waals surface area contributed by atoms with Crippen molar-refractivity contribution >= 4 is 16.8 Å². The third-order valence-electron chi connectivity index (χ3n) is 6.33. The molecule has 4 aromatic rings. The molecule has 186 valence electrons. The first-order valence-corrected chi connectivity index (χ1v) is 12.7. The SMILES string of the molecule is CCCCCN(C(=O)c1ccccc1)C(C)c1nc2ccccc2c(=O)n1-c1ccccc1OCC. The zero-order chi connectivity index (χ0) is 25.5. The van der Waals surface area contributed by atoms with Gasteiger partial charge in [-0.05, 0) is 56.7 Å². The van der Waals surface area contributed by atoms with E-state index < -0.39 is 6.04 Å². The fourth-order valence-electron chi connectivity index (χ4n) is 4.47. The maximum absolute atomic E-state index is 13.9. The summed E-state index contributed by atoms with van der Waals surface area (Å²) in [6, 6.07) is 23.6. The number of benzene rings is 3. The maximum Gasteiger partial charge on any atom is 0.266 e. The molecule has 0 aliphatic heterocycles. The van der Waals surface area contributed by atoms with Crippen LogP contribution in [-0.2, 0) is 0 Å². The highest BCUT2D eigenvalue weighted by molar-refractivity contribution is 5.94. The first-order valence-electron chi connectivity index (χ1n) is 12.7. The lowest BCUT2D eigenvalue weighted by molar-refractivity contribution is 0.0677. The molecule has 0 saturated heterocycles. The van der Waals surface area contributed by atoms with Crippen LogP contribution in [0.3, 0.4) is 0 Å². The second kappa shape index (κ2) is 11.7. The van der Waals surface area contributed by atoms with Gasteiger partial charge in [0.15, 0.2) is 0 Å². The van der Waals surface area contributed by atoms with E-state index in [0.29, 0.717) is 46.9 Å². The van der Waals surface area contributed by atoms with Gasteiger partial charge in [0, 0.05) is 12.1 Å². The van der Waals surface area contributed by atoms with E-state index in [1.807, 2.05) is 91.5 Å². The normalized spacial score (nSPS) is 11.9. The Morgan fingerprint density at radius 3 is 2.39 bits per heavy atom. The summed E-state index contributed by atoms with van der Waals surface area (Å²) in [5, 5.41) is 0.520. The number of para-hydroxylation sites is 3. The van der Waals surface area contributed by atoms with Crippen molar-refractivity contribution in [3.05, 3.63) is 101 Å². The lowest BCUT2D eigenvalue weighted by Gasteiger charge is -2.31. The molecule has 1 aromatic heterocycles. The Labute approximate surface area is 212 Å². The molecule has 0 radical (unpaired) electrons. The van der Waals surface area contributed by atoms with Gasteiger partial charge in [-0.15, -0.1) is 0 Å². The number of carbonyl (C=O) groups is 1. The summed E-state index contributed by atoms with van der Waals surface area (Å²) in [6.07, 6.45) is 2.92. The van der Waals surface area contributed by atoms with Crippen molar-refractivity contribution in [1.29, 1.82) is 0 Å². The quantitative estimate of drug-likeness (QED) is 0.253. The average Bonchev–Trinajstić information content (AvgIpc) is 2.92. The van der Waals surface area contributed by atoms with Crippen LogP contribution in [0.5, 0.6) is 5.75 Å². The van der Waals surface area contributed by atoms with E-state index >= 15 is 0 Å². The third-order valence-corrected chi connectivity index (χ3v) is 6.33. The van der Waals surface area contributed by atoms with E-state index in [0.717, 1.165) is 19.3 Å². The van der Waals surface area contributed by atoms with Gasteiger partial charge in [-0.1, -0.05) is 62.2 Å². The number of ether oxygens (including phenoxy) is 1. The van der Waals surface area contributed by atoms with Gasteiger partial charge < -0.3 is 9.64 Å². The van der Waals surface area contributed by atoms with Gasteiger partial charge in [-0.2, -0.15) is 0 Å². The fourth-order valence-corrected chi connectivity index (χ4v) is 4.47. The van der Waals surface area contributed by atoms with Gasteiger partial charge in [0.05, 0.1) is 29.2 Å². The monoisotopic (exact) mass is 483 g/mol. The molecule has 0 N–H and O–H groups in total. The second-order valence-electron chi connectivity index (χ2n) is 8.78. The molecule has 0 aliphatic rings. The molecular weight excluding hydrogens is 450 g/mol. The first kappa shape index (κ1) is 25.2. The number of amides is 1. The van der Waals surface area contributed by atoms with E-state index in [9.17, 15) is 9.59 Å². The van der Waals surface area contributed by atoms with Crippen LogP contribution in [0.2, 0.25) is 0 Å². The summed E-state index contributed by atoms with van der Waals surface area (Å²) in [5.41, 5.74) is 1.65. The molecule has 1 heterocycles. The molecule has 1 atom stereocenters. The van der Waals surface area contributed by atoms with Crippen LogP contribution in [0, 0.1) is 0 Å². The van der Waals surface area contributed by atoms with Crippen molar-refractivity contribution in [1.82, 2.24) is 14.5 Å². The summed E-state index contributed by atoms with van der Waals surface area (Å²) >= 11 is 0. The summed E-state index contributed by atoms with van der Waals surface area (Å²) < 4.78 is 7.50. The summed E-state index contributed by atoms with van der Waals surface area (Å²) in [6.45, 7) is 7.03. The first-order chi connectivity index (χ1) is 17.6. The van der Waals surface area contributed by atoms with Gasteiger partial charge >= 0.3 is 0 Å². The van der Waals surface area contributed by atoms with Crippen LogP contribution in [0.4, 0.5) is 0 Å². The highest BCUT2D eigenvalue weighted by Gasteiger charge is 2.28. The number of aromatic nitrogens is 2. The minimum atomic E-state index is -0.457. The molecule has 0 spiro atoms. The topological polar surface area (TPSA) is 64.4 Å². The minimum absolute atomic E-state index is 0.0775. The standard InChI is InChI=1S/C30H33N3O3/c1-4-6-14-21-32(29(34)23-15-8-7-9-16-23)22(3)28-31-25-18-11-10-17-24(25)30(35)33(28)26-19-12-13-20-27(26)36-5-2/h7-13,15-20,22H,4-6,14,21H2,1-3H3. The van der Waals surface area contributed by atoms with E-state index in [2.05, 4.69) is 6.92 Å². The molecule has 36 heavy (non-hydrogen) atoms. The Morgan fingerprint density at radius 1 is 0.944 bits per heavy atom. The Balaban J connectivity index is 1.91. The van der Waals surface area contributed by atoms with Crippen LogP contribution in [0.15, 0.2) is 83.7 Å². The van der Waals surface area contributed by atoms with Crippen molar-refractivity contribution in [3.63, 3.8) is 0 Å². The van der Waals surface area contributed by atoms with Gasteiger partial charge in [-0.3, -0.25) is 14.2 Å². The maximum atomic E-state index is 13.9. The summed E-state index contributed by atoms with van der Waals surface area (Å²) in [7, 11) is 0. The van der Waals surface area contributed by atoms with Crippen molar-refractivity contribution in [2.45, 2.75) is 46.1 Å². The fraction of sp³-hybridized carbons (Fsp3) is 0.300. The summed E-state index contributed by atoms with van der Waals surface area (Å²) in [5.74, 6) is 1.03. The predicted molar refractivity (Wildman–Crippen MR) is 144 cm³/mol. The van der Waals surface area contributed by atoms with E-state index in [-0.39, 0.29) is 11.5 Å². The molecule has 0 saturated carbocycles. The molecular formula is C30H33N3O3. The zero-order valence-electron chi connectivity index (χ0n) is 21.2. The van der Waals surface area contributed by atoms with Crippen molar-refractivity contribution in [2.75, 3.05) is 13.2 Å². The molecule has 0 fully saturated rings. The van der Waals surface area contributed by atoms with Gasteiger partial charge in [0.1, 0.15) is 11.6 Å². The zero-order valence-corrected chi connectivity index (χ0v) is 21.2. The molecule has 1 amide bonds. The van der Waals surface area contributed by atoms with Crippen LogP contribution in [0.25, 0.3) is 16.6 Å². The van der Waals surface area contributed by atoms with E-state index in [1.165, 1.54) is 0 Å². The number of fused-ring (bicyclic) bond motifs is 1. The molecule has 3 aromatic carbocycles. The molecule has 0 bridgehead atoms. The van der Waals surface area contributed by atoms with Crippen LogP contribution >= 0.6 is 0 Å². The van der Waals surface area contributed by atoms with E-state index in [4.69, 9.17) is 9.72 Å². The van der Waals surface area contributed by atoms with Crippen LogP contribution in [0.1, 0.15) is 62.3 Å². The number of hydrogen-bond donors (Lipinski definition) is 0. The average molecular weight is 484 g/mol. The number of carbonyl (C=O) groups excluding carboxylic acids is 1. The van der Waals surface area contributed by atoms with Crippen LogP contribution < -0.4 is 10.3 Å². The van der Waals surface area contributed by atoms with Crippen molar-refractivity contribution in [2.24, 2.45) is 0 Å². The molecule has 4 rings (SSSR count). The van der Waals surface area contributed by atoms with Gasteiger partial charge in [0.2, 0.25) is 0 Å². The third kappa shape index (κ3) is 5.18.